The van der Waals surface area contributed by atoms with E-state index in [9.17, 15) is 9.59 Å². The molecule has 66 valence electrons. The molecule has 0 aromatic carbocycles. The minimum atomic E-state index is -1.13. The molecule has 0 fully saturated rings. The summed E-state index contributed by atoms with van der Waals surface area (Å²) in [6, 6.07) is -0.358. The van der Waals surface area contributed by atoms with Gasteiger partial charge < -0.3 is 15.5 Å². The predicted octanol–water partition coefficient (Wildman–Crippen LogP) is 0.283. The van der Waals surface area contributed by atoms with Gasteiger partial charge in [0, 0.05) is 0 Å². The van der Waals surface area contributed by atoms with Gasteiger partial charge in [0.15, 0.2) is 0 Å². The van der Waals surface area contributed by atoms with E-state index in [4.69, 9.17) is 10.2 Å². The topological polar surface area (TPSA) is 86.6 Å². The average Bonchev–Trinajstić information content (AvgIpc) is 2.34. The van der Waals surface area contributed by atoms with Crippen LogP contribution in [0.3, 0.4) is 0 Å². The molecule has 0 bridgehead atoms. The first-order valence-corrected chi connectivity index (χ1v) is 3.50. The van der Waals surface area contributed by atoms with Gasteiger partial charge in [-0.2, -0.15) is 0 Å². The lowest BCUT2D eigenvalue weighted by Gasteiger charge is -2.07. The van der Waals surface area contributed by atoms with Crippen LogP contribution in [0.15, 0.2) is 12.2 Å². The second kappa shape index (κ2) is 3.25. The van der Waals surface area contributed by atoms with Crippen LogP contribution in [0.4, 0.5) is 4.79 Å². The van der Waals surface area contributed by atoms with E-state index < -0.39 is 18.0 Å². The molecule has 0 saturated heterocycles. The van der Waals surface area contributed by atoms with Crippen LogP contribution in [0.25, 0.3) is 0 Å². The zero-order valence-corrected chi connectivity index (χ0v) is 6.23. The highest BCUT2D eigenvalue weighted by Crippen LogP contribution is 2.17. The number of hydrogen-bond donors (Lipinski definition) is 3. The lowest BCUT2D eigenvalue weighted by molar-refractivity contribution is -0.140. The molecule has 0 aromatic heterocycles. The van der Waals surface area contributed by atoms with Gasteiger partial charge in [-0.25, -0.2) is 4.79 Å². The van der Waals surface area contributed by atoms with E-state index in [-0.39, 0.29) is 6.04 Å². The van der Waals surface area contributed by atoms with Crippen LogP contribution in [0.1, 0.15) is 6.42 Å². The van der Waals surface area contributed by atoms with Crippen molar-refractivity contribution in [3.63, 3.8) is 0 Å². The third-order valence-corrected chi connectivity index (χ3v) is 1.71. The largest absolute Gasteiger partial charge is 0.481 e. The third kappa shape index (κ3) is 1.98. The van der Waals surface area contributed by atoms with Crippen LogP contribution in [-0.2, 0) is 4.79 Å². The SMILES string of the molecule is O=C(O)NC1C=CC(C(=O)O)C1. The maximum absolute atomic E-state index is 10.4. The first-order chi connectivity index (χ1) is 5.59. The Morgan fingerprint density at radius 2 is 2.00 bits per heavy atom. The second-order valence-electron chi connectivity index (χ2n) is 2.62. The highest BCUT2D eigenvalue weighted by Gasteiger charge is 2.24. The fourth-order valence-corrected chi connectivity index (χ4v) is 1.15. The average molecular weight is 171 g/mol. The summed E-state index contributed by atoms with van der Waals surface area (Å²) in [4.78, 5) is 20.5. The Labute approximate surface area is 68.7 Å². The quantitative estimate of drug-likeness (QED) is 0.521. The molecule has 5 nitrogen and oxygen atoms in total. The fourth-order valence-electron chi connectivity index (χ4n) is 1.15. The molecular formula is C7H9NO4. The van der Waals surface area contributed by atoms with Crippen molar-refractivity contribution in [3.05, 3.63) is 12.2 Å². The van der Waals surface area contributed by atoms with Gasteiger partial charge in [-0.05, 0) is 6.42 Å². The van der Waals surface area contributed by atoms with Crippen LogP contribution < -0.4 is 5.32 Å². The second-order valence-corrected chi connectivity index (χ2v) is 2.62. The van der Waals surface area contributed by atoms with Gasteiger partial charge in [-0.15, -0.1) is 0 Å². The van der Waals surface area contributed by atoms with Crippen molar-refractivity contribution in [2.75, 3.05) is 0 Å². The lowest BCUT2D eigenvalue weighted by atomic mass is 10.1. The maximum Gasteiger partial charge on any atom is 0.405 e. The van der Waals surface area contributed by atoms with Crippen molar-refractivity contribution in [2.45, 2.75) is 12.5 Å². The van der Waals surface area contributed by atoms with Crippen LogP contribution >= 0.6 is 0 Å². The summed E-state index contributed by atoms with van der Waals surface area (Å²) in [7, 11) is 0. The number of amides is 1. The zero-order chi connectivity index (χ0) is 9.14. The summed E-state index contributed by atoms with van der Waals surface area (Å²) >= 11 is 0. The monoisotopic (exact) mass is 171 g/mol. The van der Waals surface area contributed by atoms with E-state index in [1.807, 2.05) is 0 Å². The van der Waals surface area contributed by atoms with E-state index in [1.54, 1.807) is 6.08 Å². The number of carboxylic acids is 1. The first-order valence-electron chi connectivity index (χ1n) is 3.50. The lowest BCUT2D eigenvalue weighted by Crippen LogP contribution is -2.31. The highest BCUT2D eigenvalue weighted by molar-refractivity contribution is 5.73. The molecule has 0 radical (unpaired) electrons. The number of carboxylic acid groups (broad SMARTS) is 2. The molecule has 5 heteroatoms. The van der Waals surface area contributed by atoms with Crippen molar-refractivity contribution < 1.29 is 19.8 Å². The molecule has 2 unspecified atom stereocenters. The minimum Gasteiger partial charge on any atom is -0.481 e. The van der Waals surface area contributed by atoms with Crippen molar-refractivity contribution in [1.82, 2.24) is 5.32 Å². The molecule has 1 aliphatic carbocycles. The summed E-state index contributed by atoms with van der Waals surface area (Å²) in [5, 5.41) is 19.0. The molecule has 0 spiro atoms. The fraction of sp³-hybridized carbons (Fsp3) is 0.429. The van der Waals surface area contributed by atoms with E-state index >= 15 is 0 Å². The van der Waals surface area contributed by atoms with Gasteiger partial charge in [0.25, 0.3) is 0 Å². The van der Waals surface area contributed by atoms with Crippen molar-refractivity contribution >= 4 is 12.1 Å². The third-order valence-electron chi connectivity index (χ3n) is 1.71. The van der Waals surface area contributed by atoms with Crippen LogP contribution in [0.5, 0.6) is 0 Å². The summed E-state index contributed by atoms with van der Waals surface area (Å²) < 4.78 is 0. The van der Waals surface area contributed by atoms with Crippen LogP contribution in [-0.4, -0.2) is 28.3 Å². The van der Waals surface area contributed by atoms with E-state index in [2.05, 4.69) is 5.32 Å². The van der Waals surface area contributed by atoms with Crippen molar-refractivity contribution in [3.8, 4) is 0 Å². The van der Waals surface area contributed by atoms with Crippen molar-refractivity contribution in [2.24, 2.45) is 5.92 Å². The van der Waals surface area contributed by atoms with Crippen molar-refractivity contribution in [1.29, 1.82) is 0 Å². The Morgan fingerprint density at radius 1 is 1.33 bits per heavy atom. The van der Waals surface area contributed by atoms with Gasteiger partial charge >= 0.3 is 12.1 Å². The molecular weight excluding hydrogens is 162 g/mol. The van der Waals surface area contributed by atoms with Gasteiger partial charge in [0.05, 0.1) is 12.0 Å². The molecule has 12 heavy (non-hydrogen) atoms. The van der Waals surface area contributed by atoms with Crippen LogP contribution in [0.2, 0.25) is 0 Å². The first kappa shape index (κ1) is 8.58. The molecule has 1 rings (SSSR count). The van der Waals surface area contributed by atoms with Crippen LogP contribution in [0, 0.1) is 5.92 Å². The Balaban J connectivity index is 2.42. The molecule has 0 saturated carbocycles. The summed E-state index contributed by atoms with van der Waals surface area (Å²) in [6.07, 6.45) is 2.24. The summed E-state index contributed by atoms with van der Waals surface area (Å²) in [5.41, 5.74) is 0. The molecule has 2 atom stereocenters. The molecule has 0 aliphatic heterocycles. The highest BCUT2D eigenvalue weighted by atomic mass is 16.4. The zero-order valence-electron chi connectivity index (χ0n) is 6.23. The number of rotatable bonds is 2. The van der Waals surface area contributed by atoms with Gasteiger partial charge in [0.2, 0.25) is 0 Å². The Bertz CT molecular complexity index is 236. The van der Waals surface area contributed by atoms with Gasteiger partial charge in [0.1, 0.15) is 0 Å². The summed E-state index contributed by atoms with van der Waals surface area (Å²) in [5.74, 6) is -1.47. The normalized spacial score (nSPS) is 27.0. The minimum absolute atomic E-state index is 0.307. The molecule has 3 N–H and O–H groups in total. The van der Waals surface area contributed by atoms with E-state index in [0.29, 0.717) is 6.42 Å². The predicted molar refractivity (Wildman–Crippen MR) is 39.8 cm³/mol. The Hall–Kier alpha value is -1.52. The van der Waals surface area contributed by atoms with Gasteiger partial charge in [-0.3, -0.25) is 4.79 Å². The number of aliphatic carboxylic acids is 1. The molecule has 0 heterocycles. The summed E-state index contributed by atoms with van der Waals surface area (Å²) in [6.45, 7) is 0. The number of hydrogen-bond acceptors (Lipinski definition) is 2. The van der Waals surface area contributed by atoms with Gasteiger partial charge in [-0.1, -0.05) is 12.2 Å². The molecule has 1 amide bonds. The Kier molecular flexibility index (Phi) is 2.32. The number of carbonyl (C=O) groups is 2. The smallest absolute Gasteiger partial charge is 0.405 e. The van der Waals surface area contributed by atoms with E-state index in [1.165, 1.54) is 6.08 Å². The Morgan fingerprint density at radius 3 is 2.42 bits per heavy atom. The van der Waals surface area contributed by atoms with E-state index in [0.717, 1.165) is 0 Å². The molecule has 1 aliphatic rings. The standard InChI is InChI=1S/C7H9NO4/c9-6(10)4-1-2-5(3-4)8-7(11)12/h1-2,4-5,8H,3H2,(H,9,10)(H,11,12). The number of nitrogens with one attached hydrogen (secondary N) is 1. The molecule has 0 aromatic rings. The maximum atomic E-state index is 10.4.